The molecule has 0 saturated carbocycles. The van der Waals surface area contributed by atoms with E-state index in [0.717, 1.165) is 13.1 Å². The lowest BCUT2D eigenvalue weighted by molar-refractivity contribution is 0.380. The Bertz CT molecular complexity index is 365. The Balaban J connectivity index is 2.04. The van der Waals surface area contributed by atoms with Gasteiger partial charge in [-0.15, -0.1) is 0 Å². The van der Waals surface area contributed by atoms with Crippen molar-refractivity contribution < 1.29 is 1.37 Å². The van der Waals surface area contributed by atoms with Gasteiger partial charge < -0.3 is 9.80 Å². The molecular weight excluding hydrogens is 196 g/mol. The smallest absolute Gasteiger partial charge is 0.0623 e. The van der Waals surface area contributed by atoms with Crippen LogP contribution in [0.15, 0.2) is 30.3 Å². The number of hydrogen-bond acceptors (Lipinski definition) is 2. The number of benzene rings is 1. The SMILES string of the molecule is [2H]c1cccc(N2CCC[C@H]2CCN(C)C)c1. The quantitative estimate of drug-likeness (QED) is 0.768. The molecule has 1 aliphatic rings. The topological polar surface area (TPSA) is 6.48 Å². The van der Waals surface area contributed by atoms with Crippen LogP contribution in [0.25, 0.3) is 0 Å². The molecule has 0 N–H and O–H groups in total. The normalized spacial score (nSPS) is 21.6. The maximum Gasteiger partial charge on any atom is 0.0623 e. The van der Waals surface area contributed by atoms with Gasteiger partial charge in [-0.25, -0.2) is 0 Å². The van der Waals surface area contributed by atoms with Crippen molar-refractivity contribution in [3.8, 4) is 0 Å². The van der Waals surface area contributed by atoms with Crippen LogP contribution in [0.1, 0.15) is 20.6 Å². The molecule has 1 atom stereocenters. The zero-order valence-electron chi connectivity index (χ0n) is 11.3. The van der Waals surface area contributed by atoms with Crippen molar-refractivity contribution in [2.45, 2.75) is 25.3 Å². The van der Waals surface area contributed by atoms with Gasteiger partial charge in [-0.3, -0.25) is 0 Å². The summed E-state index contributed by atoms with van der Waals surface area (Å²) in [5.41, 5.74) is 1.22. The van der Waals surface area contributed by atoms with Crippen molar-refractivity contribution in [2.24, 2.45) is 0 Å². The summed E-state index contributed by atoms with van der Waals surface area (Å²) in [7, 11) is 4.26. The molecule has 16 heavy (non-hydrogen) atoms. The van der Waals surface area contributed by atoms with Crippen molar-refractivity contribution in [1.29, 1.82) is 0 Å². The Morgan fingerprint density at radius 2 is 2.31 bits per heavy atom. The lowest BCUT2D eigenvalue weighted by Gasteiger charge is -2.27. The van der Waals surface area contributed by atoms with Crippen molar-refractivity contribution in [1.82, 2.24) is 4.90 Å². The number of rotatable bonds is 4. The van der Waals surface area contributed by atoms with Crippen LogP contribution in [0.3, 0.4) is 0 Å². The molecule has 2 heteroatoms. The molecule has 2 rings (SSSR count). The molecule has 0 aromatic heterocycles. The number of nitrogens with zero attached hydrogens (tertiary/aromatic N) is 2. The Morgan fingerprint density at radius 1 is 1.44 bits per heavy atom. The lowest BCUT2D eigenvalue weighted by Crippen LogP contribution is -2.32. The van der Waals surface area contributed by atoms with Gasteiger partial charge in [0.2, 0.25) is 0 Å². The maximum atomic E-state index is 7.70. The minimum atomic E-state index is 0.612. The number of para-hydroxylation sites is 1. The molecule has 0 bridgehead atoms. The Labute approximate surface area is 100 Å². The molecule has 0 radical (unpaired) electrons. The molecular formula is C14H22N2. The monoisotopic (exact) mass is 219 g/mol. The van der Waals surface area contributed by atoms with Gasteiger partial charge in [0.15, 0.2) is 0 Å². The highest BCUT2D eigenvalue weighted by molar-refractivity contribution is 5.47. The molecule has 1 aromatic rings. The highest BCUT2D eigenvalue weighted by Gasteiger charge is 2.24. The van der Waals surface area contributed by atoms with Gasteiger partial charge >= 0.3 is 0 Å². The molecule has 1 aromatic carbocycles. The molecule has 0 amide bonds. The second kappa shape index (κ2) is 5.35. The molecule has 1 heterocycles. The standard InChI is InChI=1S/C14H22N2/c1-15(2)12-10-14-9-6-11-16(14)13-7-4-3-5-8-13/h3-5,7-8,14H,6,9-12H2,1-2H3/t14-/m0/s1/i4D. The van der Waals surface area contributed by atoms with Gasteiger partial charge in [0.1, 0.15) is 0 Å². The fourth-order valence-corrected chi connectivity index (χ4v) is 2.45. The predicted octanol–water partition coefficient (Wildman–Crippen LogP) is 2.61. The molecule has 0 aliphatic carbocycles. The predicted molar refractivity (Wildman–Crippen MR) is 70.0 cm³/mol. The van der Waals surface area contributed by atoms with Crippen LogP contribution in [-0.4, -0.2) is 38.1 Å². The Morgan fingerprint density at radius 3 is 3.06 bits per heavy atom. The summed E-state index contributed by atoms with van der Waals surface area (Å²) in [6.07, 6.45) is 3.78. The first-order valence-electron chi connectivity index (χ1n) is 6.65. The first-order chi connectivity index (χ1) is 8.16. The van der Waals surface area contributed by atoms with Gasteiger partial charge in [0.05, 0.1) is 1.37 Å². The number of hydrogen-bond donors (Lipinski definition) is 0. The molecule has 88 valence electrons. The van der Waals surface area contributed by atoms with E-state index >= 15 is 0 Å². The summed E-state index contributed by atoms with van der Waals surface area (Å²) in [5.74, 6) is 0. The summed E-state index contributed by atoms with van der Waals surface area (Å²) >= 11 is 0. The molecule has 0 spiro atoms. The summed E-state index contributed by atoms with van der Waals surface area (Å²) in [4.78, 5) is 4.72. The molecule has 0 unspecified atom stereocenters. The van der Waals surface area contributed by atoms with E-state index < -0.39 is 0 Å². The van der Waals surface area contributed by atoms with Crippen molar-refractivity contribution in [3.05, 3.63) is 30.3 Å². The zero-order chi connectivity index (χ0) is 12.3. The van der Waals surface area contributed by atoms with E-state index in [1.165, 1.54) is 24.9 Å². The summed E-state index contributed by atoms with van der Waals surface area (Å²) in [6.45, 7) is 2.28. The van der Waals surface area contributed by atoms with Gasteiger partial charge in [0.25, 0.3) is 0 Å². The Hall–Kier alpha value is -1.02. The minimum absolute atomic E-state index is 0.612. The van der Waals surface area contributed by atoms with E-state index in [9.17, 15) is 0 Å². The van der Waals surface area contributed by atoms with Crippen LogP contribution >= 0.6 is 0 Å². The van der Waals surface area contributed by atoms with Crippen molar-refractivity contribution in [2.75, 3.05) is 32.1 Å². The van der Waals surface area contributed by atoms with E-state index in [1.807, 2.05) is 18.2 Å². The summed E-state index contributed by atoms with van der Waals surface area (Å²) in [6, 6.07) is 9.20. The maximum absolute atomic E-state index is 7.70. The van der Waals surface area contributed by atoms with Crippen molar-refractivity contribution >= 4 is 5.69 Å². The molecule has 2 nitrogen and oxygen atoms in total. The van der Waals surface area contributed by atoms with Crippen LogP contribution in [0.5, 0.6) is 0 Å². The zero-order valence-corrected chi connectivity index (χ0v) is 10.3. The average Bonchev–Trinajstić information content (AvgIpc) is 2.74. The second-order valence-electron chi connectivity index (χ2n) is 4.84. The van der Waals surface area contributed by atoms with Crippen LogP contribution < -0.4 is 4.90 Å². The third-order valence-corrected chi connectivity index (χ3v) is 3.31. The molecule has 1 fully saturated rings. The fourth-order valence-electron chi connectivity index (χ4n) is 2.45. The van der Waals surface area contributed by atoms with Crippen LogP contribution in [0.4, 0.5) is 5.69 Å². The van der Waals surface area contributed by atoms with Gasteiger partial charge in [0, 0.05) is 18.3 Å². The third-order valence-electron chi connectivity index (χ3n) is 3.31. The largest absolute Gasteiger partial charge is 0.368 e. The highest BCUT2D eigenvalue weighted by Crippen LogP contribution is 2.26. The second-order valence-corrected chi connectivity index (χ2v) is 4.84. The fraction of sp³-hybridized carbons (Fsp3) is 0.571. The van der Waals surface area contributed by atoms with E-state index in [-0.39, 0.29) is 0 Å². The van der Waals surface area contributed by atoms with Crippen LogP contribution in [-0.2, 0) is 0 Å². The molecule has 1 aliphatic heterocycles. The average molecular weight is 219 g/mol. The van der Waals surface area contributed by atoms with E-state index in [0.29, 0.717) is 12.1 Å². The minimum Gasteiger partial charge on any atom is -0.368 e. The van der Waals surface area contributed by atoms with Crippen molar-refractivity contribution in [3.63, 3.8) is 0 Å². The summed E-state index contributed by atoms with van der Waals surface area (Å²) in [5, 5.41) is 0. The lowest BCUT2D eigenvalue weighted by atomic mass is 10.1. The van der Waals surface area contributed by atoms with E-state index in [2.05, 4.69) is 30.0 Å². The van der Waals surface area contributed by atoms with E-state index in [4.69, 9.17) is 1.37 Å². The van der Waals surface area contributed by atoms with Gasteiger partial charge in [-0.05, 0) is 52.0 Å². The number of anilines is 1. The van der Waals surface area contributed by atoms with Gasteiger partial charge in [-0.2, -0.15) is 0 Å². The summed E-state index contributed by atoms with van der Waals surface area (Å²) < 4.78 is 7.70. The highest BCUT2D eigenvalue weighted by atomic mass is 15.2. The first-order valence-corrected chi connectivity index (χ1v) is 6.15. The molecule has 1 saturated heterocycles. The first kappa shape index (κ1) is 10.2. The third kappa shape index (κ3) is 2.76. The Kier molecular flexibility index (Phi) is 3.40. The van der Waals surface area contributed by atoms with Gasteiger partial charge in [-0.1, -0.05) is 18.2 Å². The van der Waals surface area contributed by atoms with Crippen LogP contribution in [0, 0.1) is 0 Å². The van der Waals surface area contributed by atoms with Crippen LogP contribution in [0.2, 0.25) is 0 Å². The van der Waals surface area contributed by atoms with E-state index in [1.54, 1.807) is 0 Å².